The van der Waals surface area contributed by atoms with Gasteiger partial charge < -0.3 is 14.4 Å². The van der Waals surface area contributed by atoms with E-state index in [0.717, 1.165) is 5.69 Å². The molecule has 1 rings (SSSR count). The Morgan fingerprint density at radius 2 is 2.25 bits per heavy atom. The molecule has 0 N–H and O–H groups in total. The van der Waals surface area contributed by atoms with Gasteiger partial charge in [0.1, 0.15) is 12.4 Å². The number of aryl methyl sites for hydroxylation is 1. The molecule has 0 saturated carbocycles. The predicted molar refractivity (Wildman–Crippen MR) is 74.4 cm³/mol. The smallest absolute Gasteiger partial charge is 0.325 e. The van der Waals surface area contributed by atoms with E-state index in [1.165, 1.54) is 0 Å². The van der Waals surface area contributed by atoms with Gasteiger partial charge in [0.25, 0.3) is 0 Å². The molecule has 0 unspecified atom stereocenters. The minimum atomic E-state index is -0.328. The molecule has 0 aliphatic carbocycles. The Bertz CT molecular complexity index is 497. The molecule has 1 aromatic heterocycles. The summed E-state index contributed by atoms with van der Waals surface area (Å²) in [7, 11) is 1.59. The molecule has 0 aliphatic heterocycles. The molecule has 0 spiro atoms. The molecule has 108 valence electrons. The van der Waals surface area contributed by atoms with E-state index in [1.807, 2.05) is 6.92 Å². The third-order valence-electron chi connectivity index (χ3n) is 2.58. The number of pyridine rings is 1. The van der Waals surface area contributed by atoms with Gasteiger partial charge in [-0.25, -0.2) is 4.98 Å². The molecule has 1 aromatic rings. The highest BCUT2D eigenvalue weighted by molar-refractivity contribution is 5.75. The Balaban J connectivity index is 2.94. The molecule has 0 fully saturated rings. The number of ether oxygens (including phenoxy) is 2. The van der Waals surface area contributed by atoms with Crippen molar-refractivity contribution in [2.24, 2.45) is 0 Å². The number of carbonyl (C=O) groups excluding carboxylic acids is 1. The van der Waals surface area contributed by atoms with Gasteiger partial charge in [0, 0.05) is 19.3 Å². The fourth-order valence-electron chi connectivity index (χ4n) is 1.72. The first kappa shape index (κ1) is 15.9. The Labute approximate surface area is 118 Å². The lowest BCUT2D eigenvalue weighted by molar-refractivity contribution is -0.141. The molecule has 0 amide bonds. The normalized spacial score (nSPS) is 9.90. The summed E-state index contributed by atoms with van der Waals surface area (Å²) in [6.07, 6.45) is 0. The zero-order valence-electron chi connectivity index (χ0n) is 12.0. The highest BCUT2D eigenvalue weighted by Crippen LogP contribution is 2.14. The van der Waals surface area contributed by atoms with Gasteiger partial charge in [0.2, 0.25) is 0 Å². The van der Waals surface area contributed by atoms with E-state index in [2.05, 4.69) is 11.1 Å². The second-order valence-electron chi connectivity index (χ2n) is 4.19. The number of anilines is 1. The van der Waals surface area contributed by atoms with Crippen LogP contribution < -0.4 is 4.90 Å². The monoisotopic (exact) mass is 277 g/mol. The fraction of sp³-hybridized carbons (Fsp3) is 0.500. The SMILES string of the molecule is CCOC(=O)CN(CCOC)c1cc(C#N)cc(C)n1. The third kappa shape index (κ3) is 4.86. The second kappa shape index (κ2) is 8.12. The van der Waals surface area contributed by atoms with E-state index < -0.39 is 0 Å². The van der Waals surface area contributed by atoms with Crippen molar-refractivity contribution in [1.82, 2.24) is 4.98 Å². The number of methoxy groups -OCH3 is 1. The maximum atomic E-state index is 11.6. The average molecular weight is 277 g/mol. The molecule has 6 heteroatoms. The topological polar surface area (TPSA) is 75.4 Å². The van der Waals surface area contributed by atoms with Crippen molar-refractivity contribution in [3.05, 3.63) is 23.4 Å². The van der Waals surface area contributed by atoms with Crippen molar-refractivity contribution in [3.8, 4) is 6.07 Å². The number of nitriles is 1. The van der Waals surface area contributed by atoms with E-state index in [-0.39, 0.29) is 12.5 Å². The second-order valence-corrected chi connectivity index (χ2v) is 4.19. The van der Waals surface area contributed by atoms with Crippen LogP contribution in [0.2, 0.25) is 0 Å². The highest BCUT2D eigenvalue weighted by atomic mass is 16.5. The number of rotatable bonds is 7. The van der Waals surface area contributed by atoms with Crippen molar-refractivity contribution in [1.29, 1.82) is 5.26 Å². The van der Waals surface area contributed by atoms with Crippen molar-refractivity contribution in [2.75, 3.05) is 38.3 Å². The van der Waals surface area contributed by atoms with E-state index in [0.29, 0.717) is 31.1 Å². The molecule has 20 heavy (non-hydrogen) atoms. The minimum Gasteiger partial charge on any atom is -0.465 e. The predicted octanol–water partition coefficient (Wildman–Crippen LogP) is 1.28. The third-order valence-corrected chi connectivity index (χ3v) is 2.58. The lowest BCUT2D eigenvalue weighted by Gasteiger charge is -2.22. The summed E-state index contributed by atoms with van der Waals surface area (Å²) in [5, 5.41) is 9.00. The van der Waals surface area contributed by atoms with Crippen LogP contribution in [0, 0.1) is 18.3 Å². The van der Waals surface area contributed by atoms with Gasteiger partial charge in [-0.15, -0.1) is 0 Å². The van der Waals surface area contributed by atoms with Gasteiger partial charge in [-0.3, -0.25) is 4.79 Å². The molecule has 0 bridgehead atoms. The van der Waals surface area contributed by atoms with E-state index in [9.17, 15) is 4.79 Å². The first-order valence-electron chi connectivity index (χ1n) is 6.39. The maximum Gasteiger partial charge on any atom is 0.325 e. The first-order valence-corrected chi connectivity index (χ1v) is 6.39. The zero-order valence-corrected chi connectivity index (χ0v) is 12.0. The molecule has 0 aliphatic rings. The quantitative estimate of drug-likeness (QED) is 0.699. The van der Waals surface area contributed by atoms with Crippen molar-refractivity contribution in [3.63, 3.8) is 0 Å². The Morgan fingerprint density at radius 3 is 2.85 bits per heavy atom. The van der Waals surface area contributed by atoms with Crippen LogP contribution in [-0.4, -0.2) is 44.4 Å². The van der Waals surface area contributed by atoms with Gasteiger partial charge in [0.15, 0.2) is 0 Å². The Morgan fingerprint density at radius 1 is 1.50 bits per heavy atom. The number of hydrogen-bond donors (Lipinski definition) is 0. The number of hydrogen-bond acceptors (Lipinski definition) is 6. The minimum absolute atomic E-state index is 0.0819. The average Bonchev–Trinajstić information content (AvgIpc) is 2.42. The largest absolute Gasteiger partial charge is 0.465 e. The van der Waals surface area contributed by atoms with Gasteiger partial charge in [-0.1, -0.05) is 0 Å². The fourth-order valence-corrected chi connectivity index (χ4v) is 1.72. The van der Waals surface area contributed by atoms with E-state index in [1.54, 1.807) is 31.1 Å². The summed E-state index contributed by atoms with van der Waals surface area (Å²) in [6, 6.07) is 5.43. The van der Waals surface area contributed by atoms with Crippen LogP contribution >= 0.6 is 0 Å². The van der Waals surface area contributed by atoms with Gasteiger partial charge in [0.05, 0.1) is 24.8 Å². The summed E-state index contributed by atoms with van der Waals surface area (Å²) in [6.45, 7) is 4.94. The highest BCUT2D eigenvalue weighted by Gasteiger charge is 2.14. The number of esters is 1. The summed E-state index contributed by atoms with van der Waals surface area (Å²) < 4.78 is 9.98. The van der Waals surface area contributed by atoms with Crippen LogP contribution in [0.3, 0.4) is 0 Å². The van der Waals surface area contributed by atoms with Crippen molar-refractivity contribution in [2.45, 2.75) is 13.8 Å². The van der Waals surface area contributed by atoms with Crippen molar-refractivity contribution >= 4 is 11.8 Å². The lowest BCUT2D eigenvalue weighted by atomic mass is 10.2. The van der Waals surface area contributed by atoms with Crippen LogP contribution in [0.5, 0.6) is 0 Å². The zero-order chi connectivity index (χ0) is 15.0. The maximum absolute atomic E-state index is 11.6. The summed E-state index contributed by atoms with van der Waals surface area (Å²) in [5.41, 5.74) is 1.24. The molecule has 0 saturated heterocycles. The molecule has 1 heterocycles. The number of carbonyl (C=O) groups is 1. The standard InChI is InChI=1S/C14H19N3O3/c1-4-20-14(18)10-17(5-6-19-3)13-8-12(9-15)7-11(2)16-13/h7-8H,4-6,10H2,1-3H3. The first-order chi connectivity index (χ1) is 9.60. The number of aromatic nitrogens is 1. The summed E-state index contributed by atoms with van der Waals surface area (Å²) >= 11 is 0. The summed E-state index contributed by atoms with van der Waals surface area (Å²) in [4.78, 5) is 17.7. The van der Waals surface area contributed by atoms with Crippen LogP contribution in [0.15, 0.2) is 12.1 Å². The van der Waals surface area contributed by atoms with Crippen molar-refractivity contribution < 1.29 is 14.3 Å². The Kier molecular flexibility index (Phi) is 6.47. The molecular weight excluding hydrogens is 258 g/mol. The number of nitrogens with zero attached hydrogens (tertiary/aromatic N) is 3. The van der Waals surface area contributed by atoms with Crippen LogP contribution in [-0.2, 0) is 14.3 Å². The van der Waals surface area contributed by atoms with Crippen LogP contribution in [0.1, 0.15) is 18.2 Å². The lowest BCUT2D eigenvalue weighted by Crippen LogP contribution is -2.34. The van der Waals surface area contributed by atoms with Crippen LogP contribution in [0.4, 0.5) is 5.82 Å². The molecule has 6 nitrogen and oxygen atoms in total. The van der Waals surface area contributed by atoms with E-state index >= 15 is 0 Å². The Hall–Kier alpha value is -2.13. The van der Waals surface area contributed by atoms with E-state index in [4.69, 9.17) is 14.7 Å². The molecule has 0 radical (unpaired) electrons. The summed E-state index contributed by atoms with van der Waals surface area (Å²) in [5.74, 6) is 0.247. The molecule has 0 atom stereocenters. The molecular formula is C14H19N3O3. The molecule has 0 aromatic carbocycles. The van der Waals surface area contributed by atoms with Gasteiger partial charge in [-0.05, 0) is 26.0 Å². The van der Waals surface area contributed by atoms with Gasteiger partial charge in [-0.2, -0.15) is 5.26 Å². The van der Waals surface area contributed by atoms with Crippen LogP contribution in [0.25, 0.3) is 0 Å². The van der Waals surface area contributed by atoms with Gasteiger partial charge >= 0.3 is 5.97 Å².